The number of carboxylic acids is 1. The molecule has 0 aromatic heterocycles. The first-order valence-corrected chi connectivity index (χ1v) is 8.99. The SMILES string of the molecule is O=C(O)CCN1C(=O)C[C@@H](N2C(=O)/C(=C\c3ccccc3)SC2=S)C1=O. The molecule has 134 valence electrons. The maximum Gasteiger partial charge on any atom is 0.305 e. The van der Waals surface area contributed by atoms with Crippen molar-refractivity contribution in [1.29, 1.82) is 0 Å². The summed E-state index contributed by atoms with van der Waals surface area (Å²) in [6, 6.07) is 8.20. The summed E-state index contributed by atoms with van der Waals surface area (Å²) in [7, 11) is 0. The second kappa shape index (κ2) is 7.38. The quantitative estimate of drug-likeness (QED) is 0.462. The summed E-state index contributed by atoms with van der Waals surface area (Å²) in [5, 5.41) is 8.74. The number of hydrogen-bond acceptors (Lipinski definition) is 6. The Morgan fingerprint density at radius 2 is 1.96 bits per heavy atom. The maximum absolute atomic E-state index is 12.7. The standard InChI is InChI=1S/C17H14N2O5S2/c20-13-9-11(15(23)18(13)7-6-14(21)22)19-16(24)12(26-17(19)25)8-10-4-2-1-3-5-10/h1-5,8,11H,6-7,9H2,(H,21,22)/b12-8+/t11-/m1/s1. The van der Waals surface area contributed by atoms with E-state index in [0.717, 1.165) is 27.1 Å². The fourth-order valence-electron chi connectivity index (χ4n) is 2.76. The molecule has 26 heavy (non-hydrogen) atoms. The lowest BCUT2D eigenvalue weighted by Crippen LogP contribution is -2.44. The molecule has 2 fully saturated rings. The van der Waals surface area contributed by atoms with Gasteiger partial charge in [-0.1, -0.05) is 54.3 Å². The number of thiocarbonyl (C=S) groups is 1. The topological polar surface area (TPSA) is 95.0 Å². The molecule has 2 heterocycles. The van der Waals surface area contributed by atoms with Gasteiger partial charge in [-0.25, -0.2) is 0 Å². The molecule has 0 bridgehead atoms. The number of carbonyl (C=O) groups is 4. The van der Waals surface area contributed by atoms with Crippen LogP contribution < -0.4 is 0 Å². The van der Waals surface area contributed by atoms with Crippen LogP contribution in [0.1, 0.15) is 18.4 Å². The van der Waals surface area contributed by atoms with E-state index in [4.69, 9.17) is 17.3 Å². The Kier molecular flexibility index (Phi) is 5.19. The van der Waals surface area contributed by atoms with Crippen LogP contribution in [0.5, 0.6) is 0 Å². The van der Waals surface area contributed by atoms with E-state index in [-0.39, 0.29) is 23.7 Å². The summed E-state index contributed by atoms with van der Waals surface area (Å²) in [5.41, 5.74) is 0.824. The summed E-state index contributed by atoms with van der Waals surface area (Å²) < 4.78 is 0.211. The van der Waals surface area contributed by atoms with Crippen molar-refractivity contribution in [2.24, 2.45) is 0 Å². The number of imide groups is 1. The van der Waals surface area contributed by atoms with Crippen molar-refractivity contribution in [3.63, 3.8) is 0 Å². The molecule has 0 unspecified atom stereocenters. The van der Waals surface area contributed by atoms with Crippen molar-refractivity contribution in [3.05, 3.63) is 40.8 Å². The smallest absolute Gasteiger partial charge is 0.305 e. The highest BCUT2D eigenvalue weighted by atomic mass is 32.2. The first-order chi connectivity index (χ1) is 12.4. The number of aliphatic carboxylic acids is 1. The Morgan fingerprint density at radius 1 is 1.27 bits per heavy atom. The molecule has 9 heteroatoms. The van der Waals surface area contributed by atoms with Gasteiger partial charge in [0.05, 0.1) is 17.7 Å². The van der Waals surface area contributed by atoms with Gasteiger partial charge in [0.2, 0.25) is 5.91 Å². The first kappa shape index (κ1) is 18.3. The summed E-state index contributed by atoms with van der Waals surface area (Å²) in [5.74, 6) is -2.61. The molecular weight excluding hydrogens is 376 g/mol. The number of hydrogen-bond donors (Lipinski definition) is 1. The number of likely N-dealkylation sites (tertiary alicyclic amines) is 1. The molecule has 3 amide bonds. The molecule has 0 spiro atoms. The zero-order chi connectivity index (χ0) is 18.8. The van der Waals surface area contributed by atoms with Gasteiger partial charge in [0.15, 0.2) is 0 Å². The zero-order valence-corrected chi connectivity index (χ0v) is 15.1. The number of thioether (sulfide) groups is 1. The third-order valence-corrected chi connectivity index (χ3v) is 5.33. The minimum Gasteiger partial charge on any atom is -0.481 e. The predicted molar refractivity (Wildman–Crippen MR) is 98.8 cm³/mol. The van der Waals surface area contributed by atoms with E-state index in [1.165, 1.54) is 0 Å². The molecule has 1 atom stereocenters. The van der Waals surface area contributed by atoms with Gasteiger partial charge >= 0.3 is 5.97 Å². The number of rotatable bonds is 5. The lowest BCUT2D eigenvalue weighted by molar-refractivity contribution is -0.142. The van der Waals surface area contributed by atoms with Crippen molar-refractivity contribution in [2.75, 3.05) is 6.54 Å². The van der Waals surface area contributed by atoms with Gasteiger partial charge < -0.3 is 5.11 Å². The van der Waals surface area contributed by atoms with Gasteiger partial charge in [-0.05, 0) is 11.6 Å². The summed E-state index contributed by atoms with van der Waals surface area (Å²) in [6.07, 6.45) is 1.16. The van der Waals surface area contributed by atoms with Crippen LogP contribution in [0.15, 0.2) is 35.2 Å². The molecule has 0 radical (unpaired) electrons. The average Bonchev–Trinajstić information content (AvgIpc) is 3.02. The highest BCUT2D eigenvalue weighted by Gasteiger charge is 2.48. The van der Waals surface area contributed by atoms with E-state index in [1.54, 1.807) is 6.08 Å². The van der Waals surface area contributed by atoms with Crippen molar-refractivity contribution in [3.8, 4) is 0 Å². The molecule has 0 saturated carbocycles. The normalized spacial score (nSPS) is 22.0. The molecule has 1 aromatic carbocycles. The average molecular weight is 390 g/mol. The Hall–Kier alpha value is -2.52. The van der Waals surface area contributed by atoms with E-state index in [1.807, 2.05) is 30.3 Å². The molecule has 7 nitrogen and oxygen atoms in total. The molecule has 2 saturated heterocycles. The van der Waals surface area contributed by atoms with E-state index < -0.39 is 29.7 Å². The Bertz CT molecular complexity index is 837. The third kappa shape index (κ3) is 3.54. The van der Waals surface area contributed by atoms with Crippen LogP contribution in [-0.4, -0.2) is 55.5 Å². The fraction of sp³-hybridized carbons (Fsp3) is 0.235. The lowest BCUT2D eigenvalue weighted by Gasteiger charge is -2.21. The van der Waals surface area contributed by atoms with E-state index >= 15 is 0 Å². The van der Waals surface area contributed by atoms with Crippen LogP contribution >= 0.6 is 24.0 Å². The van der Waals surface area contributed by atoms with Crippen molar-refractivity contribution in [2.45, 2.75) is 18.9 Å². The van der Waals surface area contributed by atoms with Crippen LogP contribution in [-0.2, 0) is 19.2 Å². The van der Waals surface area contributed by atoms with Crippen LogP contribution in [0.25, 0.3) is 6.08 Å². The van der Waals surface area contributed by atoms with E-state index in [0.29, 0.717) is 4.91 Å². The molecule has 3 rings (SSSR count). The molecule has 0 aliphatic carbocycles. The number of carbonyl (C=O) groups excluding carboxylic acids is 3. The predicted octanol–water partition coefficient (Wildman–Crippen LogP) is 1.49. The number of carboxylic acid groups (broad SMARTS) is 1. The first-order valence-electron chi connectivity index (χ1n) is 7.76. The Balaban J connectivity index is 1.79. The van der Waals surface area contributed by atoms with Crippen molar-refractivity contribution >= 4 is 58.1 Å². The lowest BCUT2D eigenvalue weighted by atomic mass is 10.2. The summed E-state index contributed by atoms with van der Waals surface area (Å²) in [6.45, 7) is -0.210. The second-order valence-electron chi connectivity index (χ2n) is 5.71. The van der Waals surface area contributed by atoms with Gasteiger partial charge in [-0.3, -0.25) is 29.0 Å². The minimum atomic E-state index is -1.11. The van der Waals surface area contributed by atoms with E-state index in [9.17, 15) is 19.2 Å². The number of nitrogens with zero attached hydrogens (tertiary/aromatic N) is 2. The molecule has 1 N–H and O–H groups in total. The van der Waals surface area contributed by atoms with Gasteiger partial charge in [0.1, 0.15) is 10.4 Å². The number of amides is 3. The van der Waals surface area contributed by atoms with Crippen LogP contribution in [0.2, 0.25) is 0 Å². The maximum atomic E-state index is 12.7. The minimum absolute atomic E-state index is 0.191. The molecular formula is C17H14N2O5S2. The third-order valence-electron chi connectivity index (χ3n) is 4.00. The van der Waals surface area contributed by atoms with Gasteiger partial charge in [0.25, 0.3) is 11.8 Å². The fourth-order valence-corrected chi connectivity index (χ4v) is 4.12. The highest BCUT2D eigenvalue weighted by Crippen LogP contribution is 2.36. The van der Waals surface area contributed by atoms with E-state index in [2.05, 4.69) is 0 Å². The van der Waals surface area contributed by atoms with Crippen molar-refractivity contribution < 1.29 is 24.3 Å². The zero-order valence-electron chi connectivity index (χ0n) is 13.5. The largest absolute Gasteiger partial charge is 0.481 e. The monoisotopic (exact) mass is 390 g/mol. The summed E-state index contributed by atoms with van der Waals surface area (Å²) in [4.78, 5) is 50.4. The highest BCUT2D eigenvalue weighted by molar-refractivity contribution is 8.26. The van der Waals surface area contributed by atoms with Crippen molar-refractivity contribution in [1.82, 2.24) is 9.80 Å². The van der Waals surface area contributed by atoms with Gasteiger partial charge in [0, 0.05) is 6.54 Å². The molecule has 2 aliphatic heterocycles. The Morgan fingerprint density at radius 3 is 2.62 bits per heavy atom. The van der Waals surface area contributed by atoms with Crippen LogP contribution in [0.4, 0.5) is 0 Å². The van der Waals surface area contributed by atoms with Crippen LogP contribution in [0, 0.1) is 0 Å². The molecule has 1 aromatic rings. The Labute approximate surface area is 158 Å². The van der Waals surface area contributed by atoms with Gasteiger partial charge in [-0.15, -0.1) is 0 Å². The molecule has 2 aliphatic rings. The van der Waals surface area contributed by atoms with Gasteiger partial charge in [-0.2, -0.15) is 0 Å². The second-order valence-corrected chi connectivity index (χ2v) is 7.39. The number of benzene rings is 1. The van der Waals surface area contributed by atoms with Crippen LogP contribution in [0.3, 0.4) is 0 Å². The summed E-state index contributed by atoms with van der Waals surface area (Å²) >= 11 is 6.31.